The van der Waals surface area contributed by atoms with Crippen LogP contribution in [0, 0.1) is 0 Å². The molecule has 1 aromatic rings. The fraction of sp³-hybridized carbons (Fsp3) is 0.600. The Bertz CT molecular complexity index is 612. The molecule has 2 heterocycles. The number of amides is 1. The molecule has 132 valence electrons. The molecule has 0 bridgehead atoms. The van der Waals surface area contributed by atoms with Crippen LogP contribution in [0.15, 0.2) is 11.2 Å². The highest BCUT2D eigenvalue weighted by Gasteiger charge is 2.22. The van der Waals surface area contributed by atoms with Gasteiger partial charge in [0.05, 0.1) is 23.6 Å². The van der Waals surface area contributed by atoms with E-state index in [-0.39, 0.29) is 12.5 Å². The van der Waals surface area contributed by atoms with Gasteiger partial charge in [0.1, 0.15) is 17.5 Å². The first-order valence-electron chi connectivity index (χ1n) is 7.71. The van der Waals surface area contributed by atoms with Gasteiger partial charge < -0.3 is 14.2 Å². The number of piperidine rings is 1. The van der Waals surface area contributed by atoms with E-state index in [9.17, 15) is 9.59 Å². The third kappa shape index (κ3) is 5.17. The molecule has 1 aliphatic heterocycles. The highest BCUT2D eigenvalue weighted by atomic mass is 127. The van der Waals surface area contributed by atoms with E-state index in [4.69, 9.17) is 11.6 Å². The van der Waals surface area contributed by atoms with Crippen molar-refractivity contribution in [3.8, 4) is 0 Å². The first-order chi connectivity index (χ1) is 11.5. The van der Waals surface area contributed by atoms with Crippen LogP contribution in [0.4, 0.5) is 0 Å². The number of imidazole rings is 1. The standard InChI is InChI=1S/C15H20ClIN4O3/c1-24-15(23)9-21-12(16)8-18-13(21)2-3-14(22)20-6-4-11(5-7-20)19-10-17/h8,10-11H,2-7,9H2,1H3. The topological polar surface area (TPSA) is 76.8 Å². The minimum absolute atomic E-state index is 0.00143. The van der Waals surface area contributed by atoms with Gasteiger partial charge in [-0.1, -0.05) is 11.6 Å². The largest absolute Gasteiger partial charge is 0.468 e. The smallest absolute Gasteiger partial charge is 0.325 e. The monoisotopic (exact) mass is 466 g/mol. The van der Waals surface area contributed by atoms with Gasteiger partial charge in [0, 0.05) is 25.9 Å². The molecule has 9 heteroatoms. The maximum Gasteiger partial charge on any atom is 0.325 e. The van der Waals surface area contributed by atoms with Crippen molar-refractivity contribution in [2.75, 3.05) is 20.2 Å². The van der Waals surface area contributed by atoms with E-state index >= 15 is 0 Å². The normalized spacial score (nSPS) is 15.9. The number of hydrogen-bond acceptors (Lipinski definition) is 5. The number of esters is 1. The first-order valence-corrected chi connectivity index (χ1v) is 9.33. The SMILES string of the molecule is COC(=O)Cn1c(Cl)cnc1CCC(=O)N1CCC(N=CI)CC1. The molecule has 1 fully saturated rings. The van der Waals surface area contributed by atoms with E-state index < -0.39 is 5.97 Å². The van der Waals surface area contributed by atoms with Crippen LogP contribution in [0.25, 0.3) is 0 Å². The maximum absolute atomic E-state index is 12.4. The van der Waals surface area contributed by atoms with Crippen LogP contribution in [0.1, 0.15) is 25.1 Å². The van der Waals surface area contributed by atoms with E-state index in [1.165, 1.54) is 13.3 Å². The number of hydrogen-bond donors (Lipinski definition) is 0. The molecule has 24 heavy (non-hydrogen) atoms. The van der Waals surface area contributed by atoms with Gasteiger partial charge in [0.2, 0.25) is 5.91 Å². The molecule has 2 rings (SSSR count). The van der Waals surface area contributed by atoms with E-state index in [0.29, 0.717) is 29.9 Å². The lowest BCUT2D eigenvalue weighted by Gasteiger charge is -2.30. The molecule has 1 aliphatic rings. The molecule has 7 nitrogen and oxygen atoms in total. The molecular weight excluding hydrogens is 447 g/mol. The number of carbonyl (C=O) groups excluding carboxylic acids is 2. The summed E-state index contributed by atoms with van der Waals surface area (Å²) in [6, 6.07) is 0.323. The maximum atomic E-state index is 12.4. The van der Waals surface area contributed by atoms with Crippen LogP contribution in [-0.4, -0.2) is 56.8 Å². The molecule has 0 aromatic carbocycles. The van der Waals surface area contributed by atoms with Crippen molar-refractivity contribution in [1.29, 1.82) is 0 Å². The summed E-state index contributed by atoms with van der Waals surface area (Å²) in [4.78, 5) is 34.2. The van der Waals surface area contributed by atoms with Gasteiger partial charge in [0.25, 0.3) is 0 Å². The number of rotatable bonds is 6. The molecule has 0 N–H and O–H groups in total. The Balaban J connectivity index is 1.87. The quantitative estimate of drug-likeness (QED) is 0.365. The third-order valence-corrected chi connectivity index (χ3v) is 4.67. The highest BCUT2D eigenvalue weighted by Crippen LogP contribution is 2.17. The van der Waals surface area contributed by atoms with Gasteiger partial charge in [0.15, 0.2) is 0 Å². The van der Waals surface area contributed by atoms with Crippen LogP contribution in [-0.2, 0) is 27.3 Å². The zero-order valence-corrected chi connectivity index (χ0v) is 16.4. The Morgan fingerprint density at radius 2 is 2.21 bits per heavy atom. The van der Waals surface area contributed by atoms with E-state index in [1.807, 2.05) is 4.90 Å². The van der Waals surface area contributed by atoms with Gasteiger partial charge in [-0.3, -0.25) is 14.6 Å². The molecule has 0 saturated carbocycles. The molecule has 0 unspecified atom stereocenters. The molecule has 0 aliphatic carbocycles. The van der Waals surface area contributed by atoms with Gasteiger partial charge in [-0.05, 0) is 35.4 Å². The van der Waals surface area contributed by atoms with Gasteiger partial charge >= 0.3 is 5.97 Å². The Labute approximate surface area is 159 Å². The number of halogens is 2. The summed E-state index contributed by atoms with van der Waals surface area (Å²) >= 11 is 8.16. The fourth-order valence-corrected chi connectivity index (χ4v) is 3.33. The summed E-state index contributed by atoms with van der Waals surface area (Å²) in [6.45, 7) is 1.46. The average molecular weight is 467 g/mol. The number of aliphatic imine (C=N–C) groups is 1. The molecule has 0 radical (unpaired) electrons. The van der Waals surface area contributed by atoms with Crippen LogP contribution >= 0.6 is 34.2 Å². The summed E-state index contributed by atoms with van der Waals surface area (Å²) in [5.74, 6) is 0.305. The summed E-state index contributed by atoms with van der Waals surface area (Å²) in [7, 11) is 1.32. The fourth-order valence-electron chi connectivity index (χ4n) is 2.67. The lowest BCUT2D eigenvalue weighted by Crippen LogP contribution is -2.39. The van der Waals surface area contributed by atoms with E-state index in [2.05, 4.69) is 37.3 Å². The molecule has 1 amide bonds. The van der Waals surface area contributed by atoms with Crippen molar-refractivity contribution in [1.82, 2.24) is 14.5 Å². The summed E-state index contributed by atoms with van der Waals surface area (Å²) in [5.41, 5.74) is 0. The lowest BCUT2D eigenvalue weighted by atomic mass is 10.1. The number of ether oxygens (including phenoxy) is 1. The second-order valence-corrected chi connectivity index (χ2v) is 6.46. The molecular formula is C15H20ClIN4O3. The molecule has 1 saturated heterocycles. The minimum atomic E-state index is -0.402. The minimum Gasteiger partial charge on any atom is -0.468 e. The van der Waals surface area contributed by atoms with E-state index in [0.717, 1.165) is 25.9 Å². The van der Waals surface area contributed by atoms with Crippen molar-refractivity contribution in [3.05, 3.63) is 17.2 Å². The highest BCUT2D eigenvalue weighted by molar-refractivity contribution is 14.1. The second-order valence-electron chi connectivity index (χ2n) is 5.52. The van der Waals surface area contributed by atoms with Crippen molar-refractivity contribution < 1.29 is 14.3 Å². The molecule has 0 spiro atoms. The molecule has 1 aromatic heterocycles. The van der Waals surface area contributed by atoms with Crippen molar-refractivity contribution in [2.45, 2.75) is 38.3 Å². The predicted octanol–water partition coefficient (Wildman–Crippen LogP) is 2.10. The van der Waals surface area contributed by atoms with Crippen LogP contribution in [0.2, 0.25) is 5.15 Å². The Kier molecular flexibility index (Phi) is 7.47. The first kappa shape index (κ1) is 19.2. The zero-order valence-electron chi connectivity index (χ0n) is 13.5. The van der Waals surface area contributed by atoms with Crippen LogP contribution < -0.4 is 0 Å². The Morgan fingerprint density at radius 3 is 2.83 bits per heavy atom. The summed E-state index contributed by atoms with van der Waals surface area (Å²) in [6.07, 6.45) is 4.06. The summed E-state index contributed by atoms with van der Waals surface area (Å²) in [5, 5.41) is 0.361. The van der Waals surface area contributed by atoms with Crippen LogP contribution in [0.5, 0.6) is 0 Å². The number of methoxy groups -OCH3 is 1. The Hall–Kier alpha value is -1.16. The third-order valence-electron chi connectivity index (χ3n) is 4.05. The number of aromatic nitrogens is 2. The second kappa shape index (κ2) is 9.36. The Morgan fingerprint density at radius 1 is 1.50 bits per heavy atom. The van der Waals surface area contributed by atoms with Gasteiger partial charge in [-0.15, -0.1) is 0 Å². The van der Waals surface area contributed by atoms with Crippen LogP contribution in [0.3, 0.4) is 0 Å². The van der Waals surface area contributed by atoms with Gasteiger partial charge in [-0.2, -0.15) is 0 Å². The number of aryl methyl sites for hydroxylation is 1. The average Bonchev–Trinajstić information content (AvgIpc) is 2.93. The van der Waals surface area contributed by atoms with Crippen molar-refractivity contribution >= 4 is 50.3 Å². The lowest BCUT2D eigenvalue weighted by molar-refractivity contribution is -0.141. The number of likely N-dealkylation sites (tertiary alicyclic amines) is 1. The predicted molar refractivity (Wildman–Crippen MR) is 99.7 cm³/mol. The van der Waals surface area contributed by atoms with Crippen molar-refractivity contribution in [3.63, 3.8) is 0 Å². The number of carbonyl (C=O) groups is 2. The van der Waals surface area contributed by atoms with Gasteiger partial charge in [-0.25, -0.2) is 4.98 Å². The molecule has 0 atom stereocenters. The zero-order chi connectivity index (χ0) is 17.5. The number of nitrogens with zero attached hydrogens (tertiary/aromatic N) is 4. The van der Waals surface area contributed by atoms with E-state index in [1.54, 1.807) is 8.79 Å². The van der Waals surface area contributed by atoms with Crippen molar-refractivity contribution in [2.24, 2.45) is 4.99 Å². The summed E-state index contributed by atoms with van der Waals surface area (Å²) < 4.78 is 8.02.